The number of carbonyl (C=O) groups is 1. The highest BCUT2D eigenvalue weighted by molar-refractivity contribution is 6.30. The summed E-state index contributed by atoms with van der Waals surface area (Å²) in [6.45, 7) is 3.94. The molecule has 2 heterocycles. The third-order valence-electron chi connectivity index (χ3n) is 3.84. The van der Waals surface area contributed by atoms with Gasteiger partial charge in [0.2, 0.25) is 11.7 Å². The van der Waals surface area contributed by atoms with Crippen LogP contribution in [0.5, 0.6) is 0 Å². The summed E-state index contributed by atoms with van der Waals surface area (Å²) in [6.07, 6.45) is 2.25. The number of hydrogen-bond acceptors (Lipinski definition) is 4. The summed E-state index contributed by atoms with van der Waals surface area (Å²) in [6, 6.07) is 7.21. The SMILES string of the molecule is CC1CCCN(C(=O)Cn2nnc(-c3ccc(Cl)cc3)n2)C1. The van der Waals surface area contributed by atoms with E-state index in [1.165, 1.54) is 11.2 Å². The summed E-state index contributed by atoms with van der Waals surface area (Å²) in [5, 5.41) is 12.9. The maximum absolute atomic E-state index is 12.3. The van der Waals surface area contributed by atoms with Crippen molar-refractivity contribution in [3.63, 3.8) is 0 Å². The van der Waals surface area contributed by atoms with Gasteiger partial charge in [-0.2, -0.15) is 4.80 Å². The van der Waals surface area contributed by atoms with E-state index in [1.807, 2.05) is 17.0 Å². The maximum Gasteiger partial charge on any atom is 0.246 e. The molecule has 1 aliphatic heterocycles. The van der Waals surface area contributed by atoms with E-state index in [9.17, 15) is 4.79 Å². The van der Waals surface area contributed by atoms with Crippen molar-refractivity contribution in [2.24, 2.45) is 5.92 Å². The molecule has 1 aromatic heterocycles. The molecule has 1 aromatic carbocycles. The van der Waals surface area contributed by atoms with Gasteiger partial charge in [0.05, 0.1) is 0 Å². The van der Waals surface area contributed by atoms with Crippen LogP contribution in [-0.2, 0) is 11.3 Å². The van der Waals surface area contributed by atoms with Gasteiger partial charge in [0.25, 0.3) is 0 Å². The van der Waals surface area contributed by atoms with Crippen molar-refractivity contribution in [2.75, 3.05) is 13.1 Å². The number of hydrogen-bond donors (Lipinski definition) is 0. The zero-order chi connectivity index (χ0) is 15.5. The number of benzene rings is 1. The number of likely N-dealkylation sites (tertiary alicyclic amines) is 1. The summed E-state index contributed by atoms with van der Waals surface area (Å²) in [5.74, 6) is 1.11. The Hall–Kier alpha value is -1.95. The fraction of sp³-hybridized carbons (Fsp3) is 0.467. The van der Waals surface area contributed by atoms with Crippen molar-refractivity contribution < 1.29 is 4.79 Å². The Labute approximate surface area is 134 Å². The van der Waals surface area contributed by atoms with E-state index in [0.29, 0.717) is 16.8 Å². The molecule has 3 rings (SSSR count). The maximum atomic E-state index is 12.3. The number of piperidine rings is 1. The quantitative estimate of drug-likeness (QED) is 0.870. The molecule has 0 aliphatic carbocycles. The van der Waals surface area contributed by atoms with E-state index in [0.717, 1.165) is 25.1 Å². The van der Waals surface area contributed by atoms with Gasteiger partial charge < -0.3 is 4.90 Å². The van der Waals surface area contributed by atoms with Crippen molar-refractivity contribution in [1.82, 2.24) is 25.1 Å². The van der Waals surface area contributed by atoms with Gasteiger partial charge in [0.15, 0.2) is 0 Å². The predicted octanol–water partition coefficient (Wildman–Crippen LogP) is 2.25. The Balaban J connectivity index is 1.66. The van der Waals surface area contributed by atoms with Gasteiger partial charge in [-0.25, -0.2) is 0 Å². The lowest BCUT2D eigenvalue weighted by Crippen LogP contribution is -2.41. The minimum Gasteiger partial charge on any atom is -0.341 e. The Morgan fingerprint density at radius 2 is 2.14 bits per heavy atom. The van der Waals surface area contributed by atoms with Crippen molar-refractivity contribution in [2.45, 2.75) is 26.3 Å². The molecule has 2 aromatic rings. The summed E-state index contributed by atoms with van der Waals surface area (Å²) in [4.78, 5) is 15.5. The lowest BCUT2D eigenvalue weighted by molar-refractivity contribution is -0.134. The second kappa shape index (κ2) is 6.44. The van der Waals surface area contributed by atoms with Crippen LogP contribution < -0.4 is 0 Å². The first-order valence-electron chi connectivity index (χ1n) is 7.43. The summed E-state index contributed by atoms with van der Waals surface area (Å²) in [7, 11) is 0. The highest BCUT2D eigenvalue weighted by Gasteiger charge is 2.21. The van der Waals surface area contributed by atoms with Crippen LogP contribution in [0.1, 0.15) is 19.8 Å². The Morgan fingerprint density at radius 3 is 2.86 bits per heavy atom. The smallest absolute Gasteiger partial charge is 0.246 e. The number of halogens is 1. The van der Waals surface area contributed by atoms with Gasteiger partial charge in [0, 0.05) is 23.7 Å². The van der Waals surface area contributed by atoms with E-state index < -0.39 is 0 Å². The third kappa shape index (κ3) is 3.44. The zero-order valence-electron chi connectivity index (χ0n) is 12.4. The molecule has 7 heteroatoms. The highest BCUT2D eigenvalue weighted by Crippen LogP contribution is 2.18. The van der Waals surface area contributed by atoms with Crippen LogP contribution >= 0.6 is 11.6 Å². The normalized spacial score (nSPS) is 18.5. The molecular weight excluding hydrogens is 302 g/mol. The average molecular weight is 320 g/mol. The molecule has 1 aliphatic rings. The van der Waals surface area contributed by atoms with Crippen LogP contribution in [0.15, 0.2) is 24.3 Å². The van der Waals surface area contributed by atoms with Gasteiger partial charge in [-0.3, -0.25) is 4.79 Å². The van der Waals surface area contributed by atoms with Crippen molar-refractivity contribution in [1.29, 1.82) is 0 Å². The van der Waals surface area contributed by atoms with Crippen LogP contribution in [0.25, 0.3) is 11.4 Å². The van der Waals surface area contributed by atoms with Crippen LogP contribution in [0.4, 0.5) is 0 Å². The van der Waals surface area contributed by atoms with Crippen LogP contribution in [0.2, 0.25) is 5.02 Å². The molecule has 116 valence electrons. The van der Waals surface area contributed by atoms with E-state index in [4.69, 9.17) is 11.6 Å². The van der Waals surface area contributed by atoms with Crippen molar-refractivity contribution in [3.8, 4) is 11.4 Å². The molecule has 0 spiro atoms. The molecule has 22 heavy (non-hydrogen) atoms. The molecular formula is C15H18ClN5O. The fourth-order valence-corrected chi connectivity index (χ4v) is 2.79. The van der Waals surface area contributed by atoms with E-state index in [1.54, 1.807) is 12.1 Å². The summed E-state index contributed by atoms with van der Waals surface area (Å²) in [5.41, 5.74) is 0.828. The molecule has 6 nitrogen and oxygen atoms in total. The monoisotopic (exact) mass is 319 g/mol. The number of amides is 1. The number of nitrogens with zero attached hydrogens (tertiary/aromatic N) is 5. The molecule has 0 radical (unpaired) electrons. The minimum atomic E-state index is 0.0478. The Morgan fingerprint density at radius 1 is 1.36 bits per heavy atom. The van der Waals surface area contributed by atoms with Crippen molar-refractivity contribution >= 4 is 17.5 Å². The van der Waals surface area contributed by atoms with Gasteiger partial charge in [-0.15, -0.1) is 10.2 Å². The largest absolute Gasteiger partial charge is 0.341 e. The molecule has 0 N–H and O–H groups in total. The first-order chi connectivity index (χ1) is 10.6. The second-order valence-electron chi connectivity index (χ2n) is 5.74. The summed E-state index contributed by atoms with van der Waals surface area (Å²) >= 11 is 5.86. The molecule has 1 fully saturated rings. The minimum absolute atomic E-state index is 0.0478. The van der Waals surface area contributed by atoms with Gasteiger partial charge in [-0.05, 0) is 48.2 Å². The van der Waals surface area contributed by atoms with Gasteiger partial charge in [-0.1, -0.05) is 18.5 Å². The van der Waals surface area contributed by atoms with Gasteiger partial charge >= 0.3 is 0 Å². The van der Waals surface area contributed by atoms with E-state index >= 15 is 0 Å². The number of aromatic nitrogens is 4. The second-order valence-corrected chi connectivity index (χ2v) is 6.17. The first kappa shape index (κ1) is 15.0. The van der Waals surface area contributed by atoms with Crippen LogP contribution in [0.3, 0.4) is 0 Å². The van der Waals surface area contributed by atoms with E-state index in [2.05, 4.69) is 22.3 Å². The zero-order valence-corrected chi connectivity index (χ0v) is 13.2. The van der Waals surface area contributed by atoms with Gasteiger partial charge in [0.1, 0.15) is 6.54 Å². The predicted molar refractivity (Wildman–Crippen MR) is 83.2 cm³/mol. The Bertz CT molecular complexity index is 654. The number of rotatable bonds is 3. The molecule has 0 bridgehead atoms. The average Bonchev–Trinajstić information content (AvgIpc) is 2.96. The molecule has 0 saturated carbocycles. The molecule has 1 saturated heterocycles. The van der Waals surface area contributed by atoms with Crippen molar-refractivity contribution in [3.05, 3.63) is 29.3 Å². The van der Waals surface area contributed by atoms with Crippen LogP contribution in [0, 0.1) is 5.92 Å². The lowest BCUT2D eigenvalue weighted by Gasteiger charge is -2.30. The molecule has 1 amide bonds. The highest BCUT2D eigenvalue weighted by atomic mass is 35.5. The number of carbonyl (C=O) groups excluding carboxylic acids is 1. The topological polar surface area (TPSA) is 63.9 Å². The third-order valence-corrected chi connectivity index (χ3v) is 4.09. The van der Waals surface area contributed by atoms with E-state index in [-0.39, 0.29) is 12.5 Å². The standard InChI is InChI=1S/C15H18ClN5O/c1-11-3-2-8-20(9-11)14(22)10-21-18-15(17-19-21)12-4-6-13(16)7-5-12/h4-7,11H,2-3,8-10H2,1H3. The fourth-order valence-electron chi connectivity index (χ4n) is 2.66. The van der Waals surface area contributed by atoms with Crippen LogP contribution in [-0.4, -0.2) is 44.1 Å². The molecule has 1 unspecified atom stereocenters. The molecule has 1 atom stereocenters. The summed E-state index contributed by atoms with van der Waals surface area (Å²) < 4.78 is 0. The Kier molecular flexibility index (Phi) is 4.38. The number of tetrazole rings is 1. The lowest BCUT2D eigenvalue weighted by atomic mass is 10.0. The first-order valence-corrected chi connectivity index (χ1v) is 7.81.